The van der Waals surface area contributed by atoms with E-state index in [9.17, 15) is 14.3 Å². The van der Waals surface area contributed by atoms with Crippen molar-refractivity contribution in [1.82, 2.24) is 10.3 Å². The molecule has 1 aliphatic heterocycles. The molecule has 4 N–H and O–H groups in total. The number of rotatable bonds is 8. The summed E-state index contributed by atoms with van der Waals surface area (Å²) in [4.78, 5) is 17.3. The summed E-state index contributed by atoms with van der Waals surface area (Å²) in [6.45, 7) is 1.54. The number of cyclic esters (lactones) is 1. The van der Waals surface area contributed by atoms with Crippen molar-refractivity contribution < 1.29 is 19.0 Å². The minimum Gasteiger partial charge on any atom is -0.443 e. The van der Waals surface area contributed by atoms with Crippen molar-refractivity contribution in [2.45, 2.75) is 18.8 Å². The molecular formula is C24H25FN4O3. The fourth-order valence-electron chi connectivity index (χ4n) is 3.62. The highest BCUT2D eigenvalue weighted by atomic mass is 19.1. The van der Waals surface area contributed by atoms with E-state index in [-0.39, 0.29) is 12.6 Å². The fourth-order valence-corrected chi connectivity index (χ4v) is 3.62. The van der Waals surface area contributed by atoms with Gasteiger partial charge in [-0.05, 0) is 47.0 Å². The molecule has 0 unspecified atom stereocenters. The number of hydrogen-bond acceptors (Lipinski definition) is 6. The summed E-state index contributed by atoms with van der Waals surface area (Å²) in [6.07, 6.45) is 1.86. The highest BCUT2D eigenvalue weighted by Crippen LogP contribution is 2.29. The molecule has 0 radical (unpaired) electrons. The van der Waals surface area contributed by atoms with Crippen LogP contribution in [0.3, 0.4) is 0 Å². The number of halogens is 1. The molecule has 0 spiro atoms. The summed E-state index contributed by atoms with van der Waals surface area (Å²) in [6, 6.07) is 15.6. The van der Waals surface area contributed by atoms with E-state index in [2.05, 4.69) is 10.3 Å². The Hall–Kier alpha value is -3.33. The lowest BCUT2D eigenvalue weighted by atomic mass is 10.0. The molecule has 32 heavy (non-hydrogen) atoms. The van der Waals surface area contributed by atoms with Crippen LogP contribution in [-0.2, 0) is 11.3 Å². The number of nitrogens with one attached hydrogen (secondary N) is 1. The van der Waals surface area contributed by atoms with Gasteiger partial charge < -0.3 is 20.9 Å². The monoisotopic (exact) mass is 436 g/mol. The third-order valence-electron chi connectivity index (χ3n) is 5.42. The van der Waals surface area contributed by atoms with Gasteiger partial charge in [0.15, 0.2) is 0 Å². The largest absolute Gasteiger partial charge is 0.443 e. The molecule has 8 heteroatoms. The van der Waals surface area contributed by atoms with E-state index < -0.39 is 18.0 Å². The lowest BCUT2D eigenvalue weighted by Gasteiger charge is -2.15. The first-order chi connectivity index (χ1) is 15.5. The highest BCUT2D eigenvalue weighted by molar-refractivity contribution is 5.90. The third-order valence-corrected chi connectivity index (χ3v) is 5.42. The average molecular weight is 436 g/mol. The van der Waals surface area contributed by atoms with E-state index in [0.29, 0.717) is 36.4 Å². The standard InChI is InChI=1S/C24H25FN4O3/c25-22-11-19(29-15-20(12-26)32-24(29)31)5-6-21(22)17-1-3-18(4-2-17)23(30)14-28-13-16-7-9-27-10-8-16/h1-11,20,23,28,30H,12-15,26H2/t20-,23-/m0/s1. The number of aliphatic hydroxyl groups is 1. The van der Waals surface area contributed by atoms with Crippen LogP contribution in [0.15, 0.2) is 67.0 Å². The van der Waals surface area contributed by atoms with Crippen molar-refractivity contribution in [3.8, 4) is 11.1 Å². The van der Waals surface area contributed by atoms with E-state index in [4.69, 9.17) is 10.5 Å². The second-order valence-electron chi connectivity index (χ2n) is 7.64. The number of aliphatic hydroxyl groups excluding tert-OH is 1. The molecule has 2 atom stereocenters. The maximum Gasteiger partial charge on any atom is 0.414 e. The molecular weight excluding hydrogens is 411 g/mol. The summed E-state index contributed by atoms with van der Waals surface area (Å²) >= 11 is 0. The first kappa shape index (κ1) is 21.9. The number of pyridine rings is 1. The lowest BCUT2D eigenvalue weighted by Crippen LogP contribution is -2.27. The number of amides is 1. The summed E-state index contributed by atoms with van der Waals surface area (Å²) in [5.74, 6) is -0.446. The minimum atomic E-state index is -0.685. The molecule has 1 aromatic heterocycles. The third kappa shape index (κ3) is 4.94. The molecule has 4 rings (SSSR count). The Morgan fingerprint density at radius 3 is 2.59 bits per heavy atom. The Balaban J connectivity index is 1.39. The number of carbonyl (C=O) groups excluding carboxylic acids is 1. The SMILES string of the molecule is NC[C@H]1CN(c2ccc(-c3ccc([C@@H](O)CNCc4ccncc4)cc3)c(F)c2)C(=O)O1. The number of carbonyl (C=O) groups is 1. The Bertz CT molecular complexity index is 1060. The highest BCUT2D eigenvalue weighted by Gasteiger charge is 2.31. The van der Waals surface area contributed by atoms with Crippen molar-refractivity contribution in [3.05, 3.63) is 83.9 Å². The van der Waals surface area contributed by atoms with E-state index >= 15 is 0 Å². The van der Waals surface area contributed by atoms with E-state index in [1.54, 1.807) is 48.8 Å². The Morgan fingerprint density at radius 2 is 1.94 bits per heavy atom. The molecule has 0 aliphatic carbocycles. The fraction of sp³-hybridized carbons (Fsp3) is 0.250. The molecule has 0 bridgehead atoms. The zero-order chi connectivity index (χ0) is 22.5. The van der Waals surface area contributed by atoms with Gasteiger partial charge in [-0.3, -0.25) is 9.88 Å². The van der Waals surface area contributed by atoms with Crippen molar-refractivity contribution >= 4 is 11.8 Å². The summed E-state index contributed by atoms with van der Waals surface area (Å²) < 4.78 is 19.9. The van der Waals surface area contributed by atoms with Crippen molar-refractivity contribution in [3.63, 3.8) is 0 Å². The zero-order valence-corrected chi connectivity index (χ0v) is 17.4. The maximum atomic E-state index is 14.8. The van der Waals surface area contributed by atoms with Gasteiger partial charge in [0.05, 0.1) is 18.3 Å². The van der Waals surface area contributed by atoms with E-state index in [1.807, 2.05) is 12.1 Å². The molecule has 1 saturated heterocycles. The van der Waals surface area contributed by atoms with Gasteiger partial charge in [-0.15, -0.1) is 0 Å². The second-order valence-corrected chi connectivity index (χ2v) is 7.64. The number of aromatic nitrogens is 1. The zero-order valence-electron chi connectivity index (χ0n) is 17.4. The number of nitrogens with two attached hydrogens (primary N) is 1. The summed E-state index contributed by atoms with van der Waals surface area (Å²) in [7, 11) is 0. The summed E-state index contributed by atoms with van der Waals surface area (Å²) in [5, 5.41) is 13.6. The molecule has 166 valence electrons. The van der Waals surface area contributed by atoms with Gasteiger partial charge >= 0.3 is 6.09 Å². The topological polar surface area (TPSA) is 101 Å². The quantitative estimate of drug-likeness (QED) is 0.502. The lowest BCUT2D eigenvalue weighted by molar-refractivity contribution is 0.145. The van der Waals surface area contributed by atoms with Gasteiger partial charge in [-0.1, -0.05) is 24.3 Å². The number of hydrogen-bond donors (Lipinski definition) is 3. The van der Waals surface area contributed by atoms with Crippen LogP contribution in [0.1, 0.15) is 17.2 Å². The summed E-state index contributed by atoms with van der Waals surface area (Å²) in [5.41, 5.74) is 8.89. The first-order valence-corrected chi connectivity index (χ1v) is 10.4. The predicted molar refractivity (Wildman–Crippen MR) is 119 cm³/mol. The molecule has 2 aromatic carbocycles. The molecule has 1 aliphatic rings. The normalized spacial score (nSPS) is 16.8. The van der Waals surface area contributed by atoms with Crippen LogP contribution in [0.5, 0.6) is 0 Å². The van der Waals surface area contributed by atoms with Crippen LogP contribution >= 0.6 is 0 Å². The Kier molecular flexibility index (Phi) is 6.75. The Morgan fingerprint density at radius 1 is 1.19 bits per heavy atom. The van der Waals surface area contributed by atoms with Crippen LogP contribution in [-0.4, -0.2) is 41.9 Å². The number of benzene rings is 2. The van der Waals surface area contributed by atoms with Gasteiger partial charge in [-0.2, -0.15) is 0 Å². The average Bonchev–Trinajstić information content (AvgIpc) is 3.20. The number of nitrogens with zero attached hydrogens (tertiary/aromatic N) is 2. The van der Waals surface area contributed by atoms with Crippen LogP contribution in [0, 0.1) is 5.82 Å². The van der Waals surface area contributed by atoms with Crippen molar-refractivity contribution in [2.24, 2.45) is 5.73 Å². The van der Waals surface area contributed by atoms with Gasteiger partial charge in [0.1, 0.15) is 11.9 Å². The molecule has 1 fully saturated rings. The van der Waals surface area contributed by atoms with Gasteiger partial charge in [0.2, 0.25) is 0 Å². The van der Waals surface area contributed by atoms with Gasteiger partial charge in [0.25, 0.3) is 0 Å². The molecule has 1 amide bonds. The number of ether oxygens (including phenoxy) is 1. The molecule has 3 aromatic rings. The van der Waals surface area contributed by atoms with Crippen molar-refractivity contribution in [2.75, 3.05) is 24.5 Å². The van der Waals surface area contributed by atoms with Crippen LogP contribution < -0.4 is 16.0 Å². The van der Waals surface area contributed by atoms with Crippen LogP contribution in [0.2, 0.25) is 0 Å². The van der Waals surface area contributed by atoms with E-state index in [1.165, 1.54) is 11.0 Å². The van der Waals surface area contributed by atoms with Crippen molar-refractivity contribution in [1.29, 1.82) is 0 Å². The number of anilines is 1. The van der Waals surface area contributed by atoms with Gasteiger partial charge in [-0.25, -0.2) is 9.18 Å². The predicted octanol–water partition coefficient (Wildman–Crippen LogP) is 2.99. The van der Waals surface area contributed by atoms with Crippen LogP contribution in [0.4, 0.5) is 14.9 Å². The first-order valence-electron chi connectivity index (χ1n) is 10.4. The molecule has 0 saturated carbocycles. The smallest absolute Gasteiger partial charge is 0.414 e. The van der Waals surface area contributed by atoms with Crippen LogP contribution in [0.25, 0.3) is 11.1 Å². The second kappa shape index (κ2) is 9.86. The van der Waals surface area contributed by atoms with E-state index in [0.717, 1.165) is 11.1 Å². The maximum absolute atomic E-state index is 14.8. The van der Waals surface area contributed by atoms with Gasteiger partial charge in [0, 0.05) is 37.6 Å². The molecule has 7 nitrogen and oxygen atoms in total. The molecule has 2 heterocycles. The Labute approximate surface area is 185 Å². The minimum absolute atomic E-state index is 0.222.